The van der Waals surface area contributed by atoms with Gasteiger partial charge in [-0.25, -0.2) is 9.97 Å². The van der Waals surface area contributed by atoms with Crippen LogP contribution in [-0.4, -0.2) is 14.4 Å². The molecule has 0 bridgehead atoms. The normalized spacial score (nSPS) is 10.9. The molecular formula is C13H10ClN3. The molecule has 0 unspecified atom stereocenters. The first kappa shape index (κ1) is 10.3. The highest BCUT2D eigenvalue weighted by atomic mass is 35.5. The average Bonchev–Trinajstić information content (AvgIpc) is 2.73. The van der Waals surface area contributed by atoms with Gasteiger partial charge in [0.1, 0.15) is 0 Å². The molecule has 3 aromatic rings. The number of fused-ring (bicyclic) bond motifs is 1. The summed E-state index contributed by atoms with van der Waals surface area (Å²) in [5, 5.41) is 0.430. The molecule has 1 aromatic carbocycles. The van der Waals surface area contributed by atoms with Crippen molar-refractivity contribution in [2.75, 3.05) is 0 Å². The summed E-state index contributed by atoms with van der Waals surface area (Å²) in [7, 11) is 0. The van der Waals surface area contributed by atoms with Crippen LogP contribution in [0.4, 0.5) is 0 Å². The molecule has 0 saturated carbocycles. The third-order valence-electron chi connectivity index (χ3n) is 2.71. The zero-order chi connectivity index (χ0) is 11.8. The molecule has 4 heteroatoms. The minimum atomic E-state index is 0.430. The van der Waals surface area contributed by atoms with Gasteiger partial charge in [0.15, 0.2) is 10.8 Å². The number of benzene rings is 1. The van der Waals surface area contributed by atoms with E-state index in [1.807, 2.05) is 47.9 Å². The maximum Gasteiger partial charge on any atom is 0.175 e. The zero-order valence-corrected chi connectivity index (χ0v) is 10.0. The molecule has 0 aliphatic rings. The van der Waals surface area contributed by atoms with Crippen molar-refractivity contribution < 1.29 is 0 Å². The third kappa shape index (κ3) is 1.68. The van der Waals surface area contributed by atoms with E-state index in [9.17, 15) is 0 Å². The first-order valence-corrected chi connectivity index (χ1v) is 5.69. The van der Waals surface area contributed by atoms with Crippen molar-refractivity contribution in [2.45, 2.75) is 6.92 Å². The largest absolute Gasteiger partial charge is 0.300 e. The fourth-order valence-corrected chi connectivity index (χ4v) is 2.05. The van der Waals surface area contributed by atoms with E-state index in [-0.39, 0.29) is 0 Å². The number of hydrogen-bond acceptors (Lipinski definition) is 2. The molecule has 17 heavy (non-hydrogen) atoms. The predicted octanol–water partition coefficient (Wildman–Crippen LogP) is 3.36. The number of aryl methyl sites for hydroxylation is 1. The molecule has 0 atom stereocenters. The van der Waals surface area contributed by atoms with Crippen LogP contribution in [0.15, 0.2) is 42.7 Å². The van der Waals surface area contributed by atoms with Crippen molar-refractivity contribution in [3.05, 3.63) is 53.6 Å². The molecule has 2 aromatic heterocycles. The van der Waals surface area contributed by atoms with Crippen molar-refractivity contribution in [3.63, 3.8) is 0 Å². The van der Waals surface area contributed by atoms with Crippen LogP contribution in [0.2, 0.25) is 5.15 Å². The van der Waals surface area contributed by atoms with E-state index in [4.69, 9.17) is 11.6 Å². The van der Waals surface area contributed by atoms with E-state index in [0.29, 0.717) is 10.8 Å². The maximum absolute atomic E-state index is 6.13. The summed E-state index contributed by atoms with van der Waals surface area (Å²) >= 11 is 6.13. The monoisotopic (exact) mass is 243 g/mol. The predicted molar refractivity (Wildman–Crippen MR) is 68.2 cm³/mol. The Morgan fingerprint density at radius 3 is 2.71 bits per heavy atom. The molecule has 0 radical (unpaired) electrons. The third-order valence-corrected chi connectivity index (χ3v) is 2.96. The second-order valence-corrected chi connectivity index (χ2v) is 4.23. The van der Waals surface area contributed by atoms with Crippen molar-refractivity contribution in [2.24, 2.45) is 0 Å². The zero-order valence-electron chi connectivity index (χ0n) is 9.26. The van der Waals surface area contributed by atoms with Crippen molar-refractivity contribution >= 4 is 17.2 Å². The molecule has 84 valence electrons. The first-order chi connectivity index (χ1) is 8.25. The second kappa shape index (κ2) is 3.86. The Balaban J connectivity index is 2.28. The van der Waals surface area contributed by atoms with Gasteiger partial charge in [-0.05, 0) is 6.92 Å². The molecule has 0 amide bonds. The van der Waals surface area contributed by atoms with E-state index >= 15 is 0 Å². The summed E-state index contributed by atoms with van der Waals surface area (Å²) in [4.78, 5) is 8.59. The lowest BCUT2D eigenvalue weighted by Crippen LogP contribution is -1.94. The number of imidazole rings is 1. The maximum atomic E-state index is 6.13. The summed E-state index contributed by atoms with van der Waals surface area (Å²) in [5.41, 5.74) is 3.64. The highest BCUT2D eigenvalue weighted by molar-refractivity contribution is 6.32. The van der Waals surface area contributed by atoms with Gasteiger partial charge in [0.2, 0.25) is 0 Å². The molecule has 0 spiro atoms. The van der Waals surface area contributed by atoms with Crippen LogP contribution in [0.3, 0.4) is 0 Å². The summed E-state index contributed by atoms with van der Waals surface area (Å²) in [5.74, 6) is 0. The smallest absolute Gasteiger partial charge is 0.175 e. The van der Waals surface area contributed by atoms with Gasteiger partial charge in [0, 0.05) is 23.7 Å². The summed E-state index contributed by atoms with van der Waals surface area (Å²) in [6, 6.07) is 9.96. The Morgan fingerprint density at radius 1 is 1.18 bits per heavy atom. The Morgan fingerprint density at radius 2 is 1.94 bits per heavy atom. The van der Waals surface area contributed by atoms with Gasteiger partial charge in [0.25, 0.3) is 0 Å². The van der Waals surface area contributed by atoms with Gasteiger partial charge in [-0.3, -0.25) is 4.40 Å². The number of halogens is 1. The molecule has 2 heterocycles. The SMILES string of the molecule is Cc1cnc2c(Cl)nc(-c3ccccc3)cn12. The van der Waals surface area contributed by atoms with E-state index < -0.39 is 0 Å². The number of aromatic nitrogens is 3. The Kier molecular flexibility index (Phi) is 2.34. The van der Waals surface area contributed by atoms with Gasteiger partial charge in [0.05, 0.1) is 5.69 Å². The second-order valence-electron chi connectivity index (χ2n) is 3.88. The minimum absolute atomic E-state index is 0.430. The van der Waals surface area contributed by atoms with Crippen molar-refractivity contribution in [1.29, 1.82) is 0 Å². The molecule has 0 aliphatic carbocycles. The molecule has 3 nitrogen and oxygen atoms in total. The number of nitrogens with zero attached hydrogens (tertiary/aromatic N) is 3. The highest BCUT2D eigenvalue weighted by Crippen LogP contribution is 2.22. The van der Waals surface area contributed by atoms with Gasteiger partial charge >= 0.3 is 0 Å². The number of hydrogen-bond donors (Lipinski definition) is 0. The van der Waals surface area contributed by atoms with Crippen LogP contribution in [0.1, 0.15) is 5.69 Å². The lowest BCUT2D eigenvalue weighted by molar-refractivity contribution is 1.08. The Labute approximate surface area is 104 Å². The van der Waals surface area contributed by atoms with Crippen LogP contribution < -0.4 is 0 Å². The van der Waals surface area contributed by atoms with Gasteiger partial charge in [-0.15, -0.1) is 0 Å². The van der Waals surface area contributed by atoms with Gasteiger partial charge in [-0.2, -0.15) is 0 Å². The average molecular weight is 244 g/mol. The highest BCUT2D eigenvalue weighted by Gasteiger charge is 2.08. The van der Waals surface area contributed by atoms with Crippen LogP contribution in [0, 0.1) is 6.92 Å². The summed E-state index contributed by atoms with van der Waals surface area (Å²) < 4.78 is 1.96. The number of rotatable bonds is 1. The van der Waals surface area contributed by atoms with Crippen LogP contribution in [0.5, 0.6) is 0 Å². The quantitative estimate of drug-likeness (QED) is 0.656. The van der Waals surface area contributed by atoms with E-state index in [1.54, 1.807) is 6.20 Å². The molecule has 0 aliphatic heterocycles. The van der Waals surface area contributed by atoms with Crippen molar-refractivity contribution in [3.8, 4) is 11.3 Å². The molecule has 0 fully saturated rings. The minimum Gasteiger partial charge on any atom is -0.300 e. The van der Waals surface area contributed by atoms with Crippen LogP contribution in [-0.2, 0) is 0 Å². The lowest BCUT2D eigenvalue weighted by atomic mass is 10.2. The summed E-state index contributed by atoms with van der Waals surface area (Å²) in [6.07, 6.45) is 3.75. The molecule has 0 saturated heterocycles. The lowest BCUT2D eigenvalue weighted by Gasteiger charge is -2.04. The fraction of sp³-hybridized carbons (Fsp3) is 0.0769. The molecular weight excluding hydrogens is 234 g/mol. The van der Waals surface area contributed by atoms with E-state index in [2.05, 4.69) is 9.97 Å². The summed E-state index contributed by atoms with van der Waals surface area (Å²) in [6.45, 7) is 1.99. The van der Waals surface area contributed by atoms with E-state index in [0.717, 1.165) is 17.0 Å². The standard InChI is InChI=1S/C13H10ClN3/c1-9-7-15-13-12(14)16-11(8-17(9)13)10-5-3-2-4-6-10/h2-8H,1H3. The van der Waals surface area contributed by atoms with E-state index in [1.165, 1.54) is 0 Å². The topological polar surface area (TPSA) is 30.2 Å². The Hall–Kier alpha value is -1.87. The van der Waals surface area contributed by atoms with Crippen LogP contribution in [0.25, 0.3) is 16.9 Å². The van der Waals surface area contributed by atoms with Gasteiger partial charge < -0.3 is 0 Å². The fourth-order valence-electron chi connectivity index (χ4n) is 1.82. The Bertz CT molecular complexity index is 674. The first-order valence-electron chi connectivity index (χ1n) is 5.31. The van der Waals surface area contributed by atoms with Gasteiger partial charge in [-0.1, -0.05) is 41.9 Å². The van der Waals surface area contributed by atoms with Crippen LogP contribution >= 0.6 is 11.6 Å². The molecule has 3 rings (SSSR count). The van der Waals surface area contributed by atoms with Crippen molar-refractivity contribution in [1.82, 2.24) is 14.4 Å². The molecule has 0 N–H and O–H groups in total.